The van der Waals surface area contributed by atoms with Gasteiger partial charge in [-0.3, -0.25) is 0 Å². The lowest BCUT2D eigenvalue weighted by Gasteiger charge is -2.12. The Morgan fingerprint density at radius 1 is 1.28 bits per heavy atom. The van der Waals surface area contributed by atoms with E-state index in [1.807, 2.05) is 23.6 Å². The molecule has 6 heteroatoms. The normalized spacial score (nSPS) is 11.9. The van der Waals surface area contributed by atoms with E-state index < -0.39 is 0 Å². The SMILES string of the molecule is N#CC(Nc1ccc(Cl)c(Br)c1)c1sccc1Br. The van der Waals surface area contributed by atoms with Crippen molar-refractivity contribution in [1.29, 1.82) is 5.26 Å². The summed E-state index contributed by atoms with van der Waals surface area (Å²) in [5.41, 5.74) is 0.845. The van der Waals surface area contributed by atoms with Gasteiger partial charge in [0, 0.05) is 14.6 Å². The lowest BCUT2D eigenvalue weighted by atomic mass is 10.2. The maximum Gasteiger partial charge on any atom is 0.150 e. The molecule has 0 amide bonds. The van der Waals surface area contributed by atoms with Gasteiger partial charge in [0.15, 0.2) is 6.04 Å². The maximum absolute atomic E-state index is 9.24. The molecule has 0 aliphatic heterocycles. The number of nitrogens with one attached hydrogen (secondary N) is 1. The fourth-order valence-electron chi connectivity index (χ4n) is 1.42. The highest BCUT2D eigenvalue weighted by Crippen LogP contribution is 2.32. The molecule has 0 saturated heterocycles. The smallest absolute Gasteiger partial charge is 0.150 e. The number of hydrogen-bond acceptors (Lipinski definition) is 3. The Morgan fingerprint density at radius 2 is 2.06 bits per heavy atom. The van der Waals surface area contributed by atoms with E-state index in [9.17, 15) is 5.26 Å². The molecule has 2 nitrogen and oxygen atoms in total. The quantitative estimate of drug-likeness (QED) is 0.720. The summed E-state index contributed by atoms with van der Waals surface area (Å²) in [5, 5.41) is 15.0. The minimum Gasteiger partial charge on any atom is -0.365 e. The second kappa shape index (κ2) is 6.07. The summed E-state index contributed by atoms with van der Waals surface area (Å²) >= 11 is 14.3. The molecule has 1 aromatic carbocycles. The molecule has 1 heterocycles. The van der Waals surface area contributed by atoms with Gasteiger partial charge in [-0.05, 0) is 61.5 Å². The third-order valence-corrected chi connectivity index (χ3v) is 5.42. The lowest BCUT2D eigenvalue weighted by molar-refractivity contribution is 1.02. The van der Waals surface area contributed by atoms with Crippen molar-refractivity contribution in [3.63, 3.8) is 0 Å². The van der Waals surface area contributed by atoms with Gasteiger partial charge in [-0.2, -0.15) is 5.26 Å². The van der Waals surface area contributed by atoms with Crippen LogP contribution in [0.25, 0.3) is 0 Å². The summed E-state index contributed by atoms with van der Waals surface area (Å²) in [6.07, 6.45) is 0. The van der Waals surface area contributed by atoms with E-state index in [2.05, 4.69) is 43.2 Å². The predicted octanol–water partition coefficient (Wildman–Crippen LogP) is 5.60. The summed E-state index contributed by atoms with van der Waals surface area (Å²) < 4.78 is 1.75. The van der Waals surface area contributed by atoms with Crippen LogP contribution in [-0.2, 0) is 0 Å². The van der Waals surface area contributed by atoms with Crippen LogP contribution >= 0.6 is 54.8 Å². The number of hydrogen-bond donors (Lipinski definition) is 1. The number of rotatable bonds is 3. The van der Waals surface area contributed by atoms with Gasteiger partial charge in [0.1, 0.15) is 0 Å². The van der Waals surface area contributed by atoms with Gasteiger partial charge in [-0.15, -0.1) is 11.3 Å². The molecule has 1 unspecified atom stereocenters. The van der Waals surface area contributed by atoms with Crippen molar-refractivity contribution in [1.82, 2.24) is 0 Å². The average molecular weight is 407 g/mol. The number of nitrogens with zero attached hydrogens (tertiary/aromatic N) is 1. The second-order valence-corrected chi connectivity index (χ2v) is 6.53. The molecule has 0 bridgehead atoms. The van der Waals surface area contributed by atoms with Crippen molar-refractivity contribution in [2.24, 2.45) is 0 Å². The number of halogens is 3. The van der Waals surface area contributed by atoms with E-state index in [-0.39, 0.29) is 6.04 Å². The van der Waals surface area contributed by atoms with Crippen molar-refractivity contribution in [3.8, 4) is 6.07 Å². The Morgan fingerprint density at radius 3 is 2.61 bits per heavy atom. The molecule has 1 aromatic heterocycles. The highest BCUT2D eigenvalue weighted by molar-refractivity contribution is 9.10. The Kier molecular flexibility index (Phi) is 4.68. The molecule has 1 N–H and O–H groups in total. The third kappa shape index (κ3) is 3.07. The van der Waals surface area contributed by atoms with Crippen LogP contribution in [0.3, 0.4) is 0 Å². The number of anilines is 1. The zero-order valence-electron chi connectivity index (χ0n) is 8.95. The number of thiophene rings is 1. The summed E-state index contributed by atoms with van der Waals surface area (Å²) in [7, 11) is 0. The van der Waals surface area contributed by atoms with Crippen molar-refractivity contribution < 1.29 is 0 Å². The topological polar surface area (TPSA) is 35.8 Å². The van der Waals surface area contributed by atoms with Gasteiger partial charge >= 0.3 is 0 Å². The van der Waals surface area contributed by atoms with Crippen LogP contribution in [0, 0.1) is 11.3 Å². The first-order valence-corrected chi connectivity index (χ1v) is 7.80. The van der Waals surface area contributed by atoms with Crippen molar-refractivity contribution in [2.45, 2.75) is 6.04 Å². The molecule has 0 aliphatic rings. The summed E-state index contributed by atoms with van der Waals surface area (Å²) in [5.74, 6) is 0. The minimum atomic E-state index is -0.382. The van der Waals surface area contributed by atoms with Crippen LogP contribution in [0.2, 0.25) is 5.02 Å². The third-order valence-electron chi connectivity index (χ3n) is 2.27. The number of benzene rings is 1. The largest absolute Gasteiger partial charge is 0.365 e. The van der Waals surface area contributed by atoms with Crippen LogP contribution in [0.1, 0.15) is 10.9 Å². The molecule has 18 heavy (non-hydrogen) atoms. The van der Waals surface area contributed by atoms with Gasteiger partial charge in [0.05, 0.1) is 16.0 Å². The minimum absolute atomic E-state index is 0.382. The van der Waals surface area contributed by atoms with Crippen LogP contribution in [-0.4, -0.2) is 0 Å². The molecular formula is C12H7Br2ClN2S. The van der Waals surface area contributed by atoms with Crippen molar-refractivity contribution in [3.05, 3.63) is 48.5 Å². The molecule has 0 aliphatic carbocycles. The van der Waals surface area contributed by atoms with Crippen LogP contribution in [0.4, 0.5) is 5.69 Å². The fraction of sp³-hybridized carbons (Fsp3) is 0.0833. The van der Waals surface area contributed by atoms with E-state index in [1.54, 1.807) is 6.07 Å². The molecule has 2 aromatic rings. The van der Waals surface area contributed by atoms with Crippen LogP contribution in [0.15, 0.2) is 38.6 Å². The Hall–Kier alpha value is -0.540. The average Bonchev–Trinajstić information content (AvgIpc) is 2.77. The van der Waals surface area contributed by atoms with Crippen molar-refractivity contribution in [2.75, 3.05) is 5.32 Å². The second-order valence-electron chi connectivity index (χ2n) is 3.47. The van der Waals surface area contributed by atoms with E-state index in [0.717, 1.165) is 19.5 Å². The summed E-state index contributed by atoms with van der Waals surface area (Å²) in [6, 6.07) is 9.29. The van der Waals surface area contributed by atoms with Gasteiger partial charge in [0.25, 0.3) is 0 Å². The van der Waals surface area contributed by atoms with Gasteiger partial charge < -0.3 is 5.32 Å². The Balaban J connectivity index is 2.24. The highest BCUT2D eigenvalue weighted by Gasteiger charge is 2.15. The summed E-state index contributed by atoms with van der Waals surface area (Å²) in [4.78, 5) is 0.962. The standard InChI is InChI=1S/C12H7Br2ClN2S/c13-8-3-4-18-12(8)11(6-16)17-7-1-2-10(15)9(14)5-7/h1-5,11,17H. The molecule has 2 rings (SSSR count). The molecule has 0 saturated carbocycles. The van der Waals surface area contributed by atoms with Gasteiger partial charge in [0.2, 0.25) is 0 Å². The monoisotopic (exact) mass is 404 g/mol. The Labute approximate surface area is 131 Å². The van der Waals surface area contributed by atoms with E-state index in [1.165, 1.54) is 11.3 Å². The maximum atomic E-state index is 9.24. The van der Waals surface area contributed by atoms with E-state index >= 15 is 0 Å². The molecule has 1 atom stereocenters. The fourth-order valence-corrected chi connectivity index (χ4v) is 3.51. The van der Waals surface area contributed by atoms with E-state index in [0.29, 0.717) is 5.02 Å². The molecule has 0 spiro atoms. The van der Waals surface area contributed by atoms with Crippen LogP contribution in [0.5, 0.6) is 0 Å². The first-order chi connectivity index (χ1) is 8.61. The summed E-state index contributed by atoms with van der Waals surface area (Å²) in [6.45, 7) is 0. The lowest BCUT2D eigenvalue weighted by Crippen LogP contribution is -2.07. The first-order valence-electron chi connectivity index (χ1n) is 4.96. The van der Waals surface area contributed by atoms with Gasteiger partial charge in [-0.1, -0.05) is 11.6 Å². The van der Waals surface area contributed by atoms with Gasteiger partial charge in [-0.25, -0.2) is 0 Å². The molecule has 0 radical (unpaired) electrons. The molecule has 0 fully saturated rings. The predicted molar refractivity (Wildman–Crippen MR) is 83.1 cm³/mol. The highest BCUT2D eigenvalue weighted by atomic mass is 79.9. The first kappa shape index (κ1) is 13.9. The molecular weight excluding hydrogens is 399 g/mol. The zero-order chi connectivity index (χ0) is 13.1. The van der Waals surface area contributed by atoms with Crippen LogP contribution < -0.4 is 5.32 Å². The number of nitriles is 1. The zero-order valence-corrected chi connectivity index (χ0v) is 13.7. The van der Waals surface area contributed by atoms with Crippen molar-refractivity contribution >= 4 is 60.5 Å². The Bertz CT molecular complexity index is 606. The van der Waals surface area contributed by atoms with E-state index in [4.69, 9.17) is 11.6 Å². The molecule has 92 valence electrons.